The number of carbonyl (C=O) groups excluding carboxylic acids is 1. The summed E-state index contributed by atoms with van der Waals surface area (Å²) in [5.74, 6) is 0.399. The third-order valence-corrected chi connectivity index (χ3v) is 3.03. The van der Waals surface area contributed by atoms with Gasteiger partial charge in [0, 0.05) is 19.7 Å². The first kappa shape index (κ1) is 13.4. The van der Waals surface area contributed by atoms with Crippen LogP contribution in [-0.4, -0.2) is 24.9 Å². The molecule has 5 heteroatoms. The number of benzene rings is 1. The maximum absolute atomic E-state index is 12.4. The molecule has 0 radical (unpaired) electrons. The minimum Gasteiger partial charge on any atom is -0.397 e. The second kappa shape index (κ2) is 5.28. The van der Waals surface area contributed by atoms with E-state index >= 15 is 0 Å². The molecule has 0 spiro atoms. The van der Waals surface area contributed by atoms with Crippen LogP contribution in [0.1, 0.15) is 16.1 Å². The zero-order valence-corrected chi connectivity index (χ0v) is 11.5. The van der Waals surface area contributed by atoms with E-state index in [0.717, 1.165) is 0 Å². The lowest BCUT2D eigenvalue weighted by atomic mass is 10.1. The summed E-state index contributed by atoms with van der Waals surface area (Å²) < 4.78 is 0. The summed E-state index contributed by atoms with van der Waals surface area (Å²) in [6.45, 7) is 0. The number of ketones is 1. The van der Waals surface area contributed by atoms with Crippen molar-refractivity contribution in [2.75, 3.05) is 24.7 Å². The molecule has 0 atom stereocenters. The molecule has 0 saturated heterocycles. The number of rotatable bonds is 3. The second-order valence-electron chi connectivity index (χ2n) is 4.31. The number of nitrogens with two attached hydrogens (primary N) is 1. The number of carbonyl (C=O) groups is 1. The highest BCUT2D eigenvalue weighted by molar-refractivity contribution is 6.35. The van der Waals surface area contributed by atoms with Gasteiger partial charge in [-0.2, -0.15) is 0 Å². The number of nitrogens with zero attached hydrogens (tertiary/aromatic N) is 2. The van der Waals surface area contributed by atoms with Gasteiger partial charge in [0.05, 0.1) is 10.7 Å². The standard InChI is InChI=1S/C14H14ClN3O/c1-18(2)12-8-7-11(16)13(17-12)14(19)9-5-3-4-6-10(9)15/h3-8H,16H2,1-2H3. The molecule has 0 aliphatic heterocycles. The van der Waals surface area contributed by atoms with Gasteiger partial charge in [0.25, 0.3) is 0 Å². The molecule has 2 N–H and O–H groups in total. The molecule has 0 amide bonds. The van der Waals surface area contributed by atoms with Gasteiger partial charge in [-0.3, -0.25) is 4.79 Å². The van der Waals surface area contributed by atoms with Crippen LogP contribution in [0, 0.1) is 0 Å². The van der Waals surface area contributed by atoms with Crippen LogP contribution in [0.15, 0.2) is 36.4 Å². The van der Waals surface area contributed by atoms with E-state index in [2.05, 4.69) is 4.98 Å². The fourth-order valence-corrected chi connectivity index (χ4v) is 1.89. The Morgan fingerprint density at radius 3 is 2.53 bits per heavy atom. The SMILES string of the molecule is CN(C)c1ccc(N)c(C(=O)c2ccccc2Cl)n1. The Balaban J connectivity index is 2.50. The number of pyridine rings is 1. The van der Waals surface area contributed by atoms with E-state index in [1.807, 2.05) is 19.0 Å². The van der Waals surface area contributed by atoms with Crippen LogP contribution in [0.25, 0.3) is 0 Å². The Morgan fingerprint density at radius 2 is 1.89 bits per heavy atom. The number of aromatic nitrogens is 1. The van der Waals surface area contributed by atoms with Crippen LogP contribution in [0.5, 0.6) is 0 Å². The highest BCUT2D eigenvalue weighted by atomic mass is 35.5. The lowest BCUT2D eigenvalue weighted by molar-refractivity contribution is 0.103. The van der Waals surface area contributed by atoms with E-state index in [4.69, 9.17) is 17.3 Å². The fourth-order valence-electron chi connectivity index (χ4n) is 1.66. The van der Waals surface area contributed by atoms with Gasteiger partial charge in [0.2, 0.25) is 5.78 Å². The molecule has 1 aromatic heterocycles. The summed E-state index contributed by atoms with van der Waals surface area (Å²) >= 11 is 6.02. The average molecular weight is 276 g/mol. The lowest BCUT2D eigenvalue weighted by Gasteiger charge is -2.13. The van der Waals surface area contributed by atoms with Gasteiger partial charge in [0.1, 0.15) is 11.5 Å². The summed E-state index contributed by atoms with van der Waals surface area (Å²) in [6, 6.07) is 10.3. The van der Waals surface area contributed by atoms with Crippen LogP contribution in [-0.2, 0) is 0 Å². The molecule has 2 aromatic rings. The topological polar surface area (TPSA) is 59.2 Å². The molecule has 98 valence electrons. The lowest BCUT2D eigenvalue weighted by Crippen LogP contribution is -2.15. The largest absolute Gasteiger partial charge is 0.397 e. The summed E-state index contributed by atoms with van der Waals surface area (Å²) in [6.07, 6.45) is 0. The predicted molar refractivity (Wildman–Crippen MR) is 77.9 cm³/mol. The Bertz CT molecular complexity index is 626. The molecule has 0 aliphatic rings. The fraction of sp³-hybridized carbons (Fsp3) is 0.143. The molecule has 0 fully saturated rings. The molecule has 0 unspecified atom stereocenters. The van der Waals surface area contributed by atoms with Crippen LogP contribution >= 0.6 is 11.6 Å². The van der Waals surface area contributed by atoms with Crippen LogP contribution in [0.4, 0.5) is 11.5 Å². The molecule has 1 aromatic carbocycles. The average Bonchev–Trinajstić information content (AvgIpc) is 2.38. The number of anilines is 2. The summed E-state index contributed by atoms with van der Waals surface area (Å²) in [7, 11) is 3.70. The molecular formula is C14H14ClN3O. The number of hydrogen-bond donors (Lipinski definition) is 1. The van der Waals surface area contributed by atoms with Gasteiger partial charge in [-0.25, -0.2) is 4.98 Å². The van der Waals surface area contributed by atoms with Crippen molar-refractivity contribution in [3.8, 4) is 0 Å². The van der Waals surface area contributed by atoms with Crippen molar-refractivity contribution in [2.45, 2.75) is 0 Å². The Morgan fingerprint density at radius 1 is 1.21 bits per heavy atom. The van der Waals surface area contributed by atoms with Crippen molar-refractivity contribution < 1.29 is 4.79 Å². The van der Waals surface area contributed by atoms with Gasteiger partial charge >= 0.3 is 0 Å². The van der Waals surface area contributed by atoms with E-state index in [9.17, 15) is 4.79 Å². The van der Waals surface area contributed by atoms with Crippen molar-refractivity contribution in [1.82, 2.24) is 4.98 Å². The number of nitrogen functional groups attached to an aromatic ring is 1. The molecule has 0 bridgehead atoms. The first-order chi connectivity index (χ1) is 9.00. The Labute approximate surface area is 116 Å². The van der Waals surface area contributed by atoms with Crippen LogP contribution in [0.3, 0.4) is 0 Å². The van der Waals surface area contributed by atoms with E-state index in [-0.39, 0.29) is 11.5 Å². The zero-order valence-electron chi connectivity index (χ0n) is 10.7. The molecule has 1 heterocycles. The first-order valence-electron chi connectivity index (χ1n) is 5.74. The van der Waals surface area contributed by atoms with Crippen molar-refractivity contribution in [2.24, 2.45) is 0 Å². The van der Waals surface area contributed by atoms with Crippen molar-refractivity contribution in [3.63, 3.8) is 0 Å². The van der Waals surface area contributed by atoms with Crippen molar-refractivity contribution in [1.29, 1.82) is 0 Å². The maximum Gasteiger partial charge on any atom is 0.215 e. The first-order valence-corrected chi connectivity index (χ1v) is 6.11. The third kappa shape index (κ3) is 2.69. The second-order valence-corrected chi connectivity index (χ2v) is 4.72. The van der Waals surface area contributed by atoms with E-state index in [1.54, 1.807) is 36.4 Å². The molecule has 0 saturated carbocycles. The van der Waals surface area contributed by atoms with Gasteiger partial charge in [-0.05, 0) is 24.3 Å². The highest BCUT2D eigenvalue weighted by Gasteiger charge is 2.17. The summed E-state index contributed by atoms with van der Waals surface area (Å²) in [4.78, 5) is 18.5. The summed E-state index contributed by atoms with van der Waals surface area (Å²) in [5, 5.41) is 0.393. The highest BCUT2D eigenvalue weighted by Crippen LogP contribution is 2.22. The van der Waals surface area contributed by atoms with Gasteiger partial charge in [-0.1, -0.05) is 23.7 Å². The van der Waals surface area contributed by atoms with E-state index < -0.39 is 0 Å². The van der Waals surface area contributed by atoms with Gasteiger partial charge in [0.15, 0.2) is 0 Å². The molecular weight excluding hydrogens is 262 g/mol. The Kier molecular flexibility index (Phi) is 3.71. The molecule has 2 rings (SSSR count). The van der Waals surface area contributed by atoms with E-state index in [1.165, 1.54) is 0 Å². The monoisotopic (exact) mass is 275 g/mol. The molecule has 4 nitrogen and oxygen atoms in total. The smallest absolute Gasteiger partial charge is 0.215 e. The maximum atomic E-state index is 12.4. The van der Waals surface area contributed by atoms with Crippen molar-refractivity contribution in [3.05, 3.63) is 52.7 Å². The molecule has 19 heavy (non-hydrogen) atoms. The van der Waals surface area contributed by atoms with Crippen molar-refractivity contribution >= 4 is 28.9 Å². The normalized spacial score (nSPS) is 10.3. The predicted octanol–water partition coefficient (Wildman–Crippen LogP) is 2.61. The van der Waals surface area contributed by atoms with Gasteiger partial charge < -0.3 is 10.6 Å². The number of halogens is 1. The molecule has 0 aliphatic carbocycles. The minimum absolute atomic E-state index is 0.222. The zero-order chi connectivity index (χ0) is 14.0. The van der Waals surface area contributed by atoms with E-state index in [0.29, 0.717) is 22.1 Å². The van der Waals surface area contributed by atoms with Gasteiger partial charge in [-0.15, -0.1) is 0 Å². The third-order valence-electron chi connectivity index (χ3n) is 2.70. The van der Waals surface area contributed by atoms with Crippen LogP contribution in [0.2, 0.25) is 5.02 Å². The Hall–Kier alpha value is -2.07. The quantitative estimate of drug-likeness (QED) is 0.875. The minimum atomic E-state index is -0.271. The van der Waals surface area contributed by atoms with Crippen LogP contribution < -0.4 is 10.6 Å². The summed E-state index contributed by atoms with van der Waals surface area (Å²) in [5.41, 5.74) is 6.80. The number of hydrogen-bond acceptors (Lipinski definition) is 4.